The van der Waals surface area contributed by atoms with Crippen LogP contribution in [0, 0.1) is 0 Å². The number of ether oxygens (including phenoxy) is 1. The Bertz CT molecular complexity index is 1700. The maximum atomic E-state index is 13.6. The van der Waals surface area contributed by atoms with Crippen LogP contribution in [-0.2, 0) is 25.9 Å². The van der Waals surface area contributed by atoms with Crippen molar-refractivity contribution in [2.24, 2.45) is 0 Å². The third-order valence-corrected chi connectivity index (χ3v) is 8.59. The Balaban J connectivity index is 1.86. The van der Waals surface area contributed by atoms with Crippen molar-refractivity contribution in [2.75, 3.05) is 12.0 Å². The van der Waals surface area contributed by atoms with Gasteiger partial charge in [0.25, 0.3) is 0 Å². The molecule has 3 aromatic carbocycles. The van der Waals surface area contributed by atoms with Crippen molar-refractivity contribution < 1.29 is 34.7 Å². The van der Waals surface area contributed by atoms with E-state index in [9.17, 15) is 30.0 Å². The summed E-state index contributed by atoms with van der Waals surface area (Å²) in [6.45, 7) is 1.76. The largest absolute Gasteiger partial charge is 0.457 e. The Morgan fingerprint density at radius 1 is 0.892 bits per heavy atom. The van der Waals surface area contributed by atoms with E-state index < -0.39 is 31.4 Å². The van der Waals surface area contributed by atoms with Crippen LogP contribution >= 0.6 is 0 Å². The molecule has 0 aliphatic rings. The van der Waals surface area contributed by atoms with E-state index in [2.05, 4.69) is 4.98 Å². The molecule has 194 valence electrons. The lowest BCUT2D eigenvalue weighted by molar-refractivity contribution is -0.136. The van der Waals surface area contributed by atoms with Gasteiger partial charge in [-0.3, -0.25) is 4.98 Å². The molecule has 37 heavy (non-hydrogen) atoms. The highest BCUT2D eigenvalue weighted by Crippen LogP contribution is 2.40. The number of alkyl halides is 3. The van der Waals surface area contributed by atoms with Crippen LogP contribution in [0.5, 0.6) is 11.5 Å². The summed E-state index contributed by atoms with van der Waals surface area (Å²) in [5.74, 6) is 0.449. The zero-order valence-electron chi connectivity index (χ0n) is 19.8. The van der Waals surface area contributed by atoms with Gasteiger partial charge < -0.3 is 4.74 Å². The molecule has 0 saturated heterocycles. The van der Waals surface area contributed by atoms with Crippen molar-refractivity contribution >= 4 is 30.6 Å². The molecule has 0 atom stereocenters. The van der Waals surface area contributed by atoms with Crippen LogP contribution in [0.15, 0.2) is 82.7 Å². The van der Waals surface area contributed by atoms with Crippen LogP contribution < -0.4 is 4.74 Å². The van der Waals surface area contributed by atoms with Crippen molar-refractivity contribution in [1.82, 2.24) is 4.98 Å². The molecule has 4 aromatic rings. The highest BCUT2D eigenvalue weighted by Gasteiger charge is 2.34. The number of rotatable bonds is 7. The number of nitrogens with zero attached hydrogens (tertiary/aromatic N) is 1. The fourth-order valence-electron chi connectivity index (χ4n) is 3.98. The highest BCUT2D eigenvalue weighted by molar-refractivity contribution is 7.91. The van der Waals surface area contributed by atoms with E-state index in [-0.39, 0.29) is 43.5 Å². The van der Waals surface area contributed by atoms with E-state index in [1.807, 2.05) is 0 Å². The quantitative estimate of drug-likeness (QED) is 0.269. The maximum absolute atomic E-state index is 13.6. The number of benzene rings is 3. The first kappa shape index (κ1) is 26.6. The molecule has 0 bridgehead atoms. The second-order valence-electron chi connectivity index (χ2n) is 8.39. The average molecular weight is 550 g/mol. The summed E-state index contributed by atoms with van der Waals surface area (Å²) in [6, 6.07) is 15.6. The molecule has 1 heterocycles. The van der Waals surface area contributed by atoms with Gasteiger partial charge in [0, 0.05) is 23.4 Å². The number of hydrogen-bond donors (Lipinski definition) is 0. The normalized spacial score (nSPS) is 12.6. The van der Waals surface area contributed by atoms with Crippen molar-refractivity contribution in [1.29, 1.82) is 0 Å². The molecule has 4 rings (SSSR count). The maximum Gasteiger partial charge on any atom is 0.418 e. The summed E-state index contributed by atoms with van der Waals surface area (Å²) in [6.07, 6.45) is -2.36. The topological polar surface area (TPSA) is 90.4 Å². The van der Waals surface area contributed by atoms with Crippen molar-refractivity contribution in [3.63, 3.8) is 0 Å². The third kappa shape index (κ3) is 5.62. The summed E-state index contributed by atoms with van der Waals surface area (Å²) < 4.78 is 96.8. The first-order valence-electron chi connectivity index (χ1n) is 11.1. The molecular weight excluding hydrogens is 527 g/mol. The Morgan fingerprint density at radius 3 is 2.19 bits per heavy atom. The molecular formula is C26H22F3NO5S2. The standard InChI is InChI=1S/C26H22F3NO5S2/c1-3-13-37(33,34)20-10-5-9-19(15-20)35-18-8-4-7-17(14-18)24-21-11-6-12-22(26(27,28)29)25(21)30-16-23(24)36(2,31)32/h4-12,14-16H,3,13H2,1-2H3. The average Bonchev–Trinajstić information content (AvgIpc) is 2.82. The Kier molecular flexibility index (Phi) is 7.04. The smallest absolute Gasteiger partial charge is 0.418 e. The molecule has 0 spiro atoms. The molecule has 0 N–H and O–H groups in total. The van der Waals surface area contributed by atoms with Gasteiger partial charge in [-0.1, -0.05) is 37.3 Å². The van der Waals surface area contributed by atoms with Crippen LogP contribution in [-0.4, -0.2) is 33.8 Å². The highest BCUT2D eigenvalue weighted by atomic mass is 32.2. The number of fused-ring (bicyclic) bond motifs is 1. The van der Waals surface area contributed by atoms with E-state index in [0.29, 0.717) is 12.0 Å². The number of hydrogen-bond acceptors (Lipinski definition) is 6. The van der Waals surface area contributed by atoms with Crippen molar-refractivity contribution in [3.05, 3.63) is 78.5 Å². The van der Waals surface area contributed by atoms with Gasteiger partial charge in [-0.05, 0) is 48.4 Å². The lowest BCUT2D eigenvalue weighted by Gasteiger charge is -2.16. The van der Waals surface area contributed by atoms with E-state index >= 15 is 0 Å². The Morgan fingerprint density at radius 2 is 1.54 bits per heavy atom. The second kappa shape index (κ2) is 9.79. The van der Waals surface area contributed by atoms with Gasteiger partial charge in [-0.15, -0.1) is 0 Å². The zero-order valence-corrected chi connectivity index (χ0v) is 21.4. The van der Waals surface area contributed by atoms with E-state index in [1.165, 1.54) is 30.3 Å². The minimum absolute atomic E-state index is 0.0163. The third-order valence-electron chi connectivity index (χ3n) is 5.56. The predicted octanol–water partition coefficient (Wildman–Crippen LogP) is 6.30. The molecule has 0 fully saturated rings. The van der Waals surface area contributed by atoms with Crippen molar-refractivity contribution in [2.45, 2.75) is 29.3 Å². The van der Waals surface area contributed by atoms with Crippen molar-refractivity contribution in [3.8, 4) is 22.6 Å². The summed E-state index contributed by atoms with van der Waals surface area (Å²) in [5, 5.41) is 0.0163. The van der Waals surface area contributed by atoms with Crippen LogP contribution in [0.25, 0.3) is 22.0 Å². The first-order chi connectivity index (χ1) is 17.3. The lowest BCUT2D eigenvalue weighted by Crippen LogP contribution is -2.08. The fraction of sp³-hybridized carbons (Fsp3) is 0.192. The van der Waals surface area contributed by atoms with Gasteiger partial charge in [0.2, 0.25) is 0 Å². The van der Waals surface area contributed by atoms with Crippen LogP contribution in [0.3, 0.4) is 0 Å². The minimum Gasteiger partial charge on any atom is -0.457 e. The van der Waals surface area contributed by atoms with Crippen LogP contribution in [0.2, 0.25) is 0 Å². The van der Waals surface area contributed by atoms with Gasteiger partial charge in [0.15, 0.2) is 19.7 Å². The lowest BCUT2D eigenvalue weighted by atomic mass is 9.99. The fourth-order valence-corrected chi connectivity index (χ4v) is 6.18. The van der Waals surface area contributed by atoms with Gasteiger partial charge >= 0.3 is 6.18 Å². The molecule has 1 aromatic heterocycles. The van der Waals surface area contributed by atoms with Crippen LogP contribution in [0.4, 0.5) is 13.2 Å². The summed E-state index contributed by atoms with van der Waals surface area (Å²) in [5.41, 5.74) is -1.01. The van der Waals surface area contributed by atoms with E-state index in [0.717, 1.165) is 18.5 Å². The van der Waals surface area contributed by atoms with E-state index in [4.69, 9.17) is 4.74 Å². The molecule has 11 heteroatoms. The number of sulfone groups is 2. The molecule has 0 radical (unpaired) electrons. The predicted molar refractivity (Wildman–Crippen MR) is 134 cm³/mol. The van der Waals surface area contributed by atoms with Gasteiger partial charge in [0.05, 0.1) is 26.6 Å². The summed E-state index contributed by atoms with van der Waals surface area (Å²) in [7, 11) is -7.36. The molecule has 0 saturated carbocycles. The summed E-state index contributed by atoms with van der Waals surface area (Å²) in [4.78, 5) is 3.72. The van der Waals surface area contributed by atoms with E-state index in [1.54, 1.807) is 37.3 Å². The zero-order chi connectivity index (χ0) is 27.0. The number of halogens is 3. The minimum atomic E-state index is -4.69. The Labute approximate surface area is 212 Å². The van der Waals surface area contributed by atoms with Gasteiger partial charge in [-0.2, -0.15) is 13.2 Å². The first-order valence-corrected chi connectivity index (χ1v) is 14.7. The molecule has 0 aliphatic carbocycles. The van der Waals surface area contributed by atoms with Crippen LogP contribution in [0.1, 0.15) is 18.9 Å². The Hall–Kier alpha value is -3.44. The summed E-state index contributed by atoms with van der Waals surface area (Å²) >= 11 is 0. The second-order valence-corrected chi connectivity index (χ2v) is 12.5. The number of pyridine rings is 1. The molecule has 0 aliphatic heterocycles. The molecule has 0 unspecified atom stereocenters. The molecule has 6 nitrogen and oxygen atoms in total. The van der Waals surface area contributed by atoms with Gasteiger partial charge in [0.1, 0.15) is 11.5 Å². The number of para-hydroxylation sites is 1. The SMILES string of the molecule is CCCS(=O)(=O)c1cccc(Oc2cccc(-c3c(S(C)(=O)=O)cnc4c(C(F)(F)F)cccc34)c2)c1. The molecule has 0 amide bonds. The number of aromatic nitrogens is 1. The monoisotopic (exact) mass is 549 g/mol. The van der Waals surface area contributed by atoms with Gasteiger partial charge in [-0.25, -0.2) is 16.8 Å².